The van der Waals surface area contributed by atoms with E-state index in [4.69, 9.17) is 17.0 Å². The Balaban J connectivity index is 1.59. The Labute approximate surface area is 224 Å². The first-order chi connectivity index (χ1) is 18.3. The minimum Gasteiger partial charge on any atom is -0.373 e. The fraction of sp³-hybridized carbons (Fsp3) is 0.0741. The summed E-state index contributed by atoms with van der Waals surface area (Å²) in [5.74, 6) is -0.130. The highest BCUT2D eigenvalue weighted by Gasteiger charge is 2.16. The number of aryl methyl sites for hydroxylation is 1. The molecule has 0 saturated heterocycles. The normalized spacial score (nSPS) is 11.0. The Morgan fingerprint density at radius 2 is 1.79 bits per heavy atom. The van der Waals surface area contributed by atoms with Crippen LogP contribution in [0.1, 0.15) is 10.4 Å². The van der Waals surface area contributed by atoms with Crippen molar-refractivity contribution >= 4 is 46.5 Å². The van der Waals surface area contributed by atoms with E-state index in [0.29, 0.717) is 28.6 Å². The number of pyridine rings is 1. The molecular weight excluding hydrogens is 504 g/mol. The van der Waals surface area contributed by atoms with E-state index in [0.717, 1.165) is 0 Å². The van der Waals surface area contributed by atoms with Crippen molar-refractivity contribution in [3.63, 3.8) is 0 Å². The van der Waals surface area contributed by atoms with Crippen LogP contribution in [0.4, 0.5) is 17.3 Å². The number of aromatic nitrogens is 3. The first-order valence-corrected chi connectivity index (χ1v) is 11.9. The van der Waals surface area contributed by atoms with Crippen LogP contribution in [0.5, 0.6) is 0 Å². The maximum Gasteiger partial charge on any atom is 0.274 e. The molecule has 0 fully saturated rings. The summed E-state index contributed by atoms with van der Waals surface area (Å²) < 4.78 is 1.67. The Hall–Kier alpha value is -4.96. The van der Waals surface area contributed by atoms with Gasteiger partial charge in [0.1, 0.15) is 17.4 Å². The van der Waals surface area contributed by atoms with Crippen molar-refractivity contribution in [3.8, 4) is 11.3 Å². The third kappa shape index (κ3) is 6.62. The average molecular weight is 529 g/mol. The van der Waals surface area contributed by atoms with Gasteiger partial charge >= 0.3 is 0 Å². The number of imidazole rings is 1. The van der Waals surface area contributed by atoms with Gasteiger partial charge in [-0.25, -0.2) is 9.97 Å². The predicted molar refractivity (Wildman–Crippen MR) is 149 cm³/mol. The smallest absolute Gasteiger partial charge is 0.274 e. The van der Waals surface area contributed by atoms with Crippen LogP contribution in [0.15, 0.2) is 91.2 Å². The topological polar surface area (TPSA) is 137 Å². The third-order valence-corrected chi connectivity index (χ3v) is 5.62. The first-order valence-electron chi connectivity index (χ1n) is 11.5. The molecule has 2 amide bonds. The van der Waals surface area contributed by atoms with Crippen molar-refractivity contribution in [2.75, 3.05) is 23.0 Å². The van der Waals surface area contributed by atoms with Crippen LogP contribution in [-0.4, -0.2) is 39.1 Å². The maximum absolute atomic E-state index is 13.3. The van der Waals surface area contributed by atoms with E-state index in [2.05, 4.69) is 31.2 Å². The largest absolute Gasteiger partial charge is 0.373 e. The van der Waals surface area contributed by atoms with Crippen molar-refractivity contribution in [2.45, 2.75) is 0 Å². The second-order valence-corrected chi connectivity index (χ2v) is 8.56. The molecule has 0 aliphatic rings. The lowest BCUT2D eigenvalue weighted by molar-refractivity contribution is -0.110. The van der Waals surface area contributed by atoms with E-state index in [9.17, 15) is 9.59 Å². The lowest BCUT2D eigenvalue weighted by Gasteiger charge is -2.14. The molecule has 4 rings (SSSR count). The van der Waals surface area contributed by atoms with E-state index in [1.807, 2.05) is 36.4 Å². The zero-order chi connectivity index (χ0) is 27.1. The highest BCUT2D eigenvalue weighted by Crippen LogP contribution is 2.25. The molecular formula is C27H25ClN8O2. The lowest BCUT2D eigenvalue weighted by atomic mass is 10.1. The third-order valence-electron chi connectivity index (χ3n) is 5.29. The van der Waals surface area contributed by atoms with Crippen LogP contribution in [0, 0.1) is 5.41 Å². The SMILES string of the molecule is CNc1cccc(-c2ccc(Cl)c(C(=O)N/C(=C/C(=N)C(=O)Nc3cn(C)cn3)Nc3ccccc3)c2)n1. The van der Waals surface area contributed by atoms with E-state index in [1.165, 1.54) is 12.4 Å². The molecule has 10 nitrogen and oxygen atoms in total. The number of amides is 2. The van der Waals surface area contributed by atoms with Crippen LogP contribution in [0.2, 0.25) is 5.02 Å². The number of nitrogens with one attached hydrogen (secondary N) is 5. The standard InChI is InChI=1S/C27H25ClN8O2/c1-30-23-10-6-9-22(33-23)17-11-12-20(28)19(13-17)26(37)34-24(32-18-7-4-3-5-8-18)14-21(29)27(38)35-25-15-36(2)16-31-25/h3-16,29,32H,1-2H3,(H,30,33)(H,34,37)(H,35,38)/b24-14+,29-21?. The molecule has 2 aromatic carbocycles. The summed E-state index contributed by atoms with van der Waals surface area (Å²) in [6.45, 7) is 0. The summed E-state index contributed by atoms with van der Waals surface area (Å²) in [7, 11) is 3.54. The molecule has 11 heteroatoms. The number of anilines is 3. The Bertz CT molecular complexity index is 1510. The predicted octanol–water partition coefficient (Wildman–Crippen LogP) is 4.52. The zero-order valence-electron chi connectivity index (χ0n) is 20.6. The second kappa shape index (κ2) is 11.8. The Kier molecular flexibility index (Phi) is 8.14. The molecule has 0 aliphatic carbocycles. The van der Waals surface area contributed by atoms with Gasteiger partial charge in [0.2, 0.25) is 0 Å². The molecule has 0 aliphatic heterocycles. The Morgan fingerprint density at radius 3 is 2.50 bits per heavy atom. The molecule has 5 N–H and O–H groups in total. The molecule has 0 unspecified atom stereocenters. The Morgan fingerprint density at radius 1 is 1.00 bits per heavy atom. The molecule has 0 bridgehead atoms. The molecule has 192 valence electrons. The maximum atomic E-state index is 13.3. The summed E-state index contributed by atoms with van der Waals surface area (Å²) in [5.41, 5.74) is 1.80. The van der Waals surface area contributed by atoms with Crippen molar-refractivity contribution in [2.24, 2.45) is 7.05 Å². The van der Waals surface area contributed by atoms with E-state index < -0.39 is 17.5 Å². The summed E-state index contributed by atoms with van der Waals surface area (Å²) in [4.78, 5) is 34.4. The van der Waals surface area contributed by atoms with Crippen LogP contribution >= 0.6 is 11.6 Å². The molecule has 0 radical (unpaired) electrons. The second-order valence-electron chi connectivity index (χ2n) is 8.15. The molecule has 38 heavy (non-hydrogen) atoms. The highest BCUT2D eigenvalue weighted by molar-refractivity contribution is 6.46. The van der Waals surface area contributed by atoms with Crippen molar-refractivity contribution in [3.05, 3.63) is 102 Å². The van der Waals surface area contributed by atoms with Gasteiger partial charge in [0.05, 0.1) is 22.6 Å². The number of rotatable bonds is 9. The van der Waals surface area contributed by atoms with Gasteiger partial charge in [-0.15, -0.1) is 0 Å². The van der Waals surface area contributed by atoms with Crippen LogP contribution in [0.25, 0.3) is 11.3 Å². The van der Waals surface area contributed by atoms with Gasteiger partial charge in [-0.3, -0.25) is 15.0 Å². The lowest BCUT2D eigenvalue weighted by Crippen LogP contribution is -2.30. The van der Waals surface area contributed by atoms with Gasteiger partial charge in [0.15, 0.2) is 5.82 Å². The van der Waals surface area contributed by atoms with Crippen molar-refractivity contribution in [1.29, 1.82) is 5.41 Å². The minimum absolute atomic E-state index is 0.110. The molecule has 4 aromatic rings. The quantitative estimate of drug-likeness (QED) is 0.203. The van der Waals surface area contributed by atoms with Crippen LogP contribution in [-0.2, 0) is 11.8 Å². The number of halogens is 1. The number of carbonyl (C=O) groups is 2. The summed E-state index contributed by atoms with van der Waals surface area (Å²) in [6.07, 6.45) is 4.36. The van der Waals surface area contributed by atoms with Gasteiger partial charge in [-0.05, 0) is 36.4 Å². The number of hydrogen-bond acceptors (Lipinski definition) is 7. The molecule has 0 saturated carbocycles. The molecule has 0 atom stereocenters. The van der Waals surface area contributed by atoms with Gasteiger partial charge in [-0.1, -0.05) is 41.9 Å². The molecule has 2 aromatic heterocycles. The number of benzene rings is 2. The summed E-state index contributed by atoms with van der Waals surface area (Å²) in [5, 5.41) is 19.8. The summed E-state index contributed by atoms with van der Waals surface area (Å²) >= 11 is 6.38. The summed E-state index contributed by atoms with van der Waals surface area (Å²) in [6, 6.07) is 19.6. The van der Waals surface area contributed by atoms with E-state index in [1.54, 1.807) is 55.2 Å². The first kappa shape index (κ1) is 26.1. The molecule has 2 heterocycles. The van der Waals surface area contributed by atoms with Crippen molar-refractivity contribution < 1.29 is 9.59 Å². The minimum atomic E-state index is -0.694. The monoisotopic (exact) mass is 528 g/mol. The van der Waals surface area contributed by atoms with Gasteiger partial charge in [0.25, 0.3) is 11.8 Å². The van der Waals surface area contributed by atoms with Crippen molar-refractivity contribution in [1.82, 2.24) is 19.9 Å². The highest BCUT2D eigenvalue weighted by atomic mass is 35.5. The number of para-hydroxylation sites is 1. The van der Waals surface area contributed by atoms with Crippen LogP contribution in [0.3, 0.4) is 0 Å². The van der Waals surface area contributed by atoms with Gasteiger partial charge in [0, 0.05) is 37.6 Å². The average Bonchev–Trinajstić information content (AvgIpc) is 3.33. The fourth-order valence-corrected chi connectivity index (χ4v) is 3.64. The van der Waals surface area contributed by atoms with E-state index >= 15 is 0 Å². The number of hydrogen-bond donors (Lipinski definition) is 5. The number of nitrogens with zero attached hydrogens (tertiary/aromatic N) is 3. The van der Waals surface area contributed by atoms with Crippen LogP contribution < -0.4 is 21.3 Å². The van der Waals surface area contributed by atoms with E-state index in [-0.39, 0.29) is 16.4 Å². The van der Waals surface area contributed by atoms with Gasteiger partial charge < -0.3 is 25.8 Å². The molecule has 0 spiro atoms. The zero-order valence-corrected chi connectivity index (χ0v) is 21.4. The number of carbonyl (C=O) groups excluding carboxylic acids is 2. The van der Waals surface area contributed by atoms with Gasteiger partial charge in [-0.2, -0.15) is 0 Å². The fourth-order valence-electron chi connectivity index (χ4n) is 3.43.